The maximum Gasteiger partial charge on any atom is 0.221 e. The molecule has 0 fully saturated rings. The summed E-state index contributed by atoms with van der Waals surface area (Å²) in [6.07, 6.45) is 1.03. The van der Waals surface area contributed by atoms with E-state index in [2.05, 4.69) is 10.2 Å². The van der Waals surface area contributed by atoms with Gasteiger partial charge in [0.1, 0.15) is 5.69 Å². The van der Waals surface area contributed by atoms with E-state index in [1.165, 1.54) is 0 Å². The number of aliphatic imine (C=N–C) groups is 1. The van der Waals surface area contributed by atoms with Crippen LogP contribution in [0.4, 0.5) is 11.4 Å². The number of quaternary nitrogens is 1. The van der Waals surface area contributed by atoms with E-state index in [-0.39, 0.29) is 0 Å². The van der Waals surface area contributed by atoms with E-state index in [1.807, 2.05) is 0 Å². The lowest BCUT2D eigenvalue weighted by Gasteiger charge is -2.29. The quantitative estimate of drug-likeness (QED) is 0.353. The van der Waals surface area contributed by atoms with Gasteiger partial charge in [-0.1, -0.05) is 12.1 Å². The fraction of sp³-hybridized carbons (Fsp3) is 0. The van der Waals surface area contributed by atoms with Gasteiger partial charge < -0.3 is 10.7 Å². The molecule has 0 bridgehead atoms. The van der Waals surface area contributed by atoms with Crippen LogP contribution in [-0.4, -0.2) is 6.34 Å². The molecule has 0 aliphatic carbocycles. The number of hydrogen-bond acceptors (Lipinski definition) is 3. The maximum absolute atomic E-state index is 11.5. The van der Waals surface area contributed by atoms with Crippen LogP contribution in [0, 0.1) is 5.21 Å². The van der Waals surface area contributed by atoms with E-state index in [4.69, 9.17) is 5.53 Å². The molecule has 1 unspecified atom stereocenters. The minimum Gasteiger partial charge on any atom is -0.652 e. The second kappa shape index (κ2) is 2.20. The Morgan fingerprint density at radius 1 is 1.42 bits per heavy atom. The van der Waals surface area contributed by atoms with Crippen molar-refractivity contribution in [2.75, 3.05) is 0 Å². The number of para-hydroxylation sites is 2. The third-order valence-electron chi connectivity index (χ3n) is 1.71. The van der Waals surface area contributed by atoms with Gasteiger partial charge in [-0.15, -0.1) is 0 Å². The maximum atomic E-state index is 11.5. The van der Waals surface area contributed by atoms with Gasteiger partial charge in [-0.3, -0.25) is 0 Å². The summed E-state index contributed by atoms with van der Waals surface area (Å²) >= 11 is 0. The van der Waals surface area contributed by atoms with Crippen LogP contribution < -0.4 is 4.76 Å². The first-order chi connectivity index (χ1) is 5.76. The van der Waals surface area contributed by atoms with Crippen LogP contribution in [0.2, 0.25) is 0 Å². The molecule has 0 N–H and O–H groups in total. The van der Waals surface area contributed by atoms with Gasteiger partial charge in [0, 0.05) is 6.07 Å². The standard InChI is InChI=1S/C7H5N4O/c8-10-11(12)5-9-6-3-1-2-4-7(6)11/h1-5H/q-1. The van der Waals surface area contributed by atoms with Crippen molar-refractivity contribution in [1.82, 2.24) is 4.76 Å². The predicted molar refractivity (Wildman–Crippen MR) is 45.5 cm³/mol. The highest BCUT2D eigenvalue weighted by Gasteiger charge is 2.25. The Kier molecular flexibility index (Phi) is 1.30. The van der Waals surface area contributed by atoms with Gasteiger partial charge in [-0.25, -0.2) is 5.22 Å². The van der Waals surface area contributed by atoms with Crippen molar-refractivity contribution in [2.45, 2.75) is 0 Å². The molecule has 1 aromatic rings. The first-order valence-electron chi connectivity index (χ1n) is 3.37. The Morgan fingerprint density at radius 3 is 2.92 bits per heavy atom. The summed E-state index contributed by atoms with van der Waals surface area (Å²) in [6.45, 7) is 0. The Morgan fingerprint density at radius 2 is 2.17 bits per heavy atom. The molecule has 1 aliphatic rings. The van der Waals surface area contributed by atoms with Crippen molar-refractivity contribution in [2.24, 2.45) is 10.2 Å². The zero-order valence-corrected chi connectivity index (χ0v) is 6.08. The van der Waals surface area contributed by atoms with Crippen molar-refractivity contribution in [3.63, 3.8) is 0 Å². The van der Waals surface area contributed by atoms with Crippen LogP contribution in [-0.2, 0) is 0 Å². The molecule has 0 amide bonds. The van der Waals surface area contributed by atoms with E-state index >= 15 is 0 Å². The van der Waals surface area contributed by atoms with Gasteiger partial charge in [-0.05, 0) is 6.07 Å². The van der Waals surface area contributed by atoms with Crippen molar-refractivity contribution >= 4 is 17.7 Å². The first kappa shape index (κ1) is 7.08. The molecule has 0 spiro atoms. The lowest BCUT2D eigenvalue weighted by atomic mass is 10.3. The number of hydroxylamine groups is 1. The SMILES string of the molecule is [N-]=N[N+]1([O-])C=Nc2ccccc21. The van der Waals surface area contributed by atoms with Crippen LogP contribution in [0.1, 0.15) is 0 Å². The third-order valence-corrected chi connectivity index (χ3v) is 1.71. The summed E-state index contributed by atoms with van der Waals surface area (Å²) in [5.41, 5.74) is 9.35. The average molecular weight is 161 g/mol. The molecule has 1 aliphatic heterocycles. The fourth-order valence-corrected chi connectivity index (χ4v) is 1.12. The van der Waals surface area contributed by atoms with Crippen LogP contribution in [0.3, 0.4) is 0 Å². The molecular formula is C7H5N4O-. The van der Waals surface area contributed by atoms with E-state index in [9.17, 15) is 5.21 Å². The van der Waals surface area contributed by atoms with Crippen LogP contribution >= 0.6 is 0 Å². The van der Waals surface area contributed by atoms with E-state index in [0.29, 0.717) is 11.4 Å². The second-order valence-corrected chi connectivity index (χ2v) is 2.45. The lowest BCUT2D eigenvalue weighted by Crippen LogP contribution is -2.31. The summed E-state index contributed by atoms with van der Waals surface area (Å²) in [6, 6.07) is 6.73. The summed E-state index contributed by atoms with van der Waals surface area (Å²) in [5.74, 6) is 0. The summed E-state index contributed by atoms with van der Waals surface area (Å²) < 4.78 is -1.24. The molecule has 12 heavy (non-hydrogen) atoms. The topological polar surface area (TPSA) is 70.1 Å². The summed E-state index contributed by atoms with van der Waals surface area (Å²) in [5, 5.41) is 14.2. The van der Waals surface area contributed by atoms with Gasteiger partial charge in [-0.2, -0.15) is 9.75 Å². The largest absolute Gasteiger partial charge is 0.652 e. The molecule has 0 saturated carbocycles. The Bertz CT molecular complexity index is 362. The van der Waals surface area contributed by atoms with Crippen molar-refractivity contribution < 1.29 is 0 Å². The monoisotopic (exact) mass is 161 g/mol. The molecule has 1 aromatic carbocycles. The van der Waals surface area contributed by atoms with E-state index in [1.54, 1.807) is 24.3 Å². The minimum absolute atomic E-state index is 0.333. The van der Waals surface area contributed by atoms with E-state index < -0.39 is 4.76 Å². The van der Waals surface area contributed by atoms with Crippen molar-refractivity contribution in [3.05, 3.63) is 35.0 Å². The summed E-state index contributed by atoms with van der Waals surface area (Å²) in [7, 11) is 0. The van der Waals surface area contributed by atoms with Crippen molar-refractivity contribution in [1.29, 1.82) is 0 Å². The summed E-state index contributed by atoms with van der Waals surface area (Å²) in [4.78, 5) is 3.80. The average Bonchev–Trinajstić information content (AvgIpc) is 2.46. The van der Waals surface area contributed by atoms with Crippen LogP contribution in [0.15, 0.2) is 34.5 Å². The highest BCUT2D eigenvalue weighted by Crippen LogP contribution is 2.36. The molecule has 5 nitrogen and oxygen atoms in total. The van der Waals surface area contributed by atoms with Gasteiger partial charge in [0.15, 0.2) is 5.69 Å². The Balaban J connectivity index is 2.63. The number of rotatable bonds is 1. The smallest absolute Gasteiger partial charge is 0.221 e. The second-order valence-electron chi connectivity index (χ2n) is 2.45. The third kappa shape index (κ3) is 0.775. The molecule has 1 heterocycles. The fourth-order valence-electron chi connectivity index (χ4n) is 1.12. The van der Waals surface area contributed by atoms with Crippen LogP contribution in [0.25, 0.3) is 5.53 Å². The molecule has 0 saturated heterocycles. The highest BCUT2D eigenvalue weighted by molar-refractivity contribution is 5.88. The molecular weight excluding hydrogens is 156 g/mol. The molecule has 1 atom stereocenters. The number of fused-ring (bicyclic) bond motifs is 1. The number of nitrogens with zero attached hydrogens (tertiary/aromatic N) is 4. The lowest BCUT2D eigenvalue weighted by molar-refractivity contribution is 0.601. The predicted octanol–water partition coefficient (Wildman–Crippen LogP) is 2.10. The van der Waals surface area contributed by atoms with Gasteiger partial charge in [0.05, 0.1) is 0 Å². The van der Waals surface area contributed by atoms with E-state index in [0.717, 1.165) is 6.34 Å². The Labute approximate surface area is 68.6 Å². The highest BCUT2D eigenvalue weighted by atomic mass is 16.6. The molecule has 0 radical (unpaired) electrons. The van der Waals surface area contributed by atoms with Crippen LogP contribution in [0.5, 0.6) is 0 Å². The molecule has 0 aromatic heterocycles. The first-order valence-corrected chi connectivity index (χ1v) is 3.37. The van der Waals surface area contributed by atoms with Gasteiger partial charge >= 0.3 is 0 Å². The zero-order valence-electron chi connectivity index (χ0n) is 6.08. The van der Waals surface area contributed by atoms with Gasteiger partial charge in [0.2, 0.25) is 6.34 Å². The molecule has 60 valence electrons. The molecule has 2 rings (SSSR count). The molecule has 5 heteroatoms. The number of benzene rings is 1. The Hall–Kier alpha value is -1.59. The zero-order chi connectivity index (χ0) is 8.60. The van der Waals surface area contributed by atoms with Gasteiger partial charge in [0.25, 0.3) is 0 Å². The minimum atomic E-state index is -1.24. The number of hydrogen-bond donors (Lipinski definition) is 0. The van der Waals surface area contributed by atoms with Crippen molar-refractivity contribution in [3.8, 4) is 0 Å². The normalized spacial score (nSPS) is 25.4.